The summed E-state index contributed by atoms with van der Waals surface area (Å²) in [7, 11) is 0. The van der Waals surface area contributed by atoms with Crippen LogP contribution in [0.15, 0.2) is 205 Å². The molecule has 0 N–H and O–H groups in total. The Bertz CT molecular complexity index is 3830. The minimum Gasteiger partial charge on any atom is -0.456 e. The minimum atomic E-state index is 0.600. The molecule has 3 heterocycles. The molecule has 0 saturated heterocycles. The second-order valence-electron chi connectivity index (χ2n) is 15.9. The predicted octanol–water partition coefficient (Wildman–Crippen LogP) is 15.9. The molecule has 0 saturated carbocycles. The fourth-order valence-corrected chi connectivity index (χ4v) is 10.5. The topological polar surface area (TPSA) is 51.8 Å². The number of benzene rings is 10. The zero-order chi connectivity index (χ0) is 40.7. The van der Waals surface area contributed by atoms with E-state index >= 15 is 0 Å². The Hall–Kier alpha value is -7.99. The lowest BCUT2D eigenvalue weighted by atomic mass is 9.92. The quantitative estimate of drug-likeness (QED) is 0.163. The van der Waals surface area contributed by atoms with Gasteiger partial charge < -0.3 is 4.42 Å². The van der Waals surface area contributed by atoms with Gasteiger partial charge >= 0.3 is 0 Å². The SMILES string of the molecule is c1ccc(-c2nc(-c3ccccc3)nc(-c3ccc4c(c3)oc3cc(-c5cccc6sc7cc(-c8ccc9c%10ccccc%10c%10ccccc%10c9c8)ccc7c56)ccc34)n2)cc1. The maximum absolute atomic E-state index is 6.66. The maximum Gasteiger partial charge on any atom is 0.164 e. The van der Waals surface area contributed by atoms with Crippen LogP contribution in [0, 0.1) is 0 Å². The molecule has 13 aromatic rings. The van der Waals surface area contributed by atoms with Gasteiger partial charge in [0.2, 0.25) is 0 Å². The molecule has 0 aliphatic rings. The van der Waals surface area contributed by atoms with Crippen LogP contribution in [0.3, 0.4) is 0 Å². The van der Waals surface area contributed by atoms with E-state index in [1.807, 2.05) is 72.0 Å². The largest absolute Gasteiger partial charge is 0.456 e. The lowest BCUT2D eigenvalue weighted by molar-refractivity contribution is 0.669. The highest BCUT2D eigenvalue weighted by Gasteiger charge is 2.18. The molecular formula is C57H33N3OS. The van der Waals surface area contributed by atoms with E-state index in [2.05, 4.69) is 140 Å². The van der Waals surface area contributed by atoms with Gasteiger partial charge in [0.05, 0.1) is 0 Å². The first-order valence-electron chi connectivity index (χ1n) is 20.8. The third kappa shape index (κ3) is 5.56. The normalized spacial score (nSPS) is 11.9. The summed E-state index contributed by atoms with van der Waals surface area (Å²) in [6, 6.07) is 71.1. The summed E-state index contributed by atoms with van der Waals surface area (Å²) in [6.45, 7) is 0. The van der Waals surface area contributed by atoms with Crippen molar-refractivity contribution >= 4 is 85.8 Å². The predicted molar refractivity (Wildman–Crippen MR) is 260 cm³/mol. The van der Waals surface area contributed by atoms with Gasteiger partial charge in [0, 0.05) is 47.6 Å². The molecule has 62 heavy (non-hydrogen) atoms. The number of thiophene rings is 1. The first-order chi connectivity index (χ1) is 30.7. The lowest BCUT2D eigenvalue weighted by Gasteiger charge is -2.12. The van der Waals surface area contributed by atoms with Crippen molar-refractivity contribution in [3.8, 4) is 56.4 Å². The molecule has 4 nitrogen and oxygen atoms in total. The Kier molecular flexibility index (Phi) is 7.74. The number of nitrogens with zero attached hydrogens (tertiary/aromatic N) is 3. The summed E-state index contributed by atoms with van der Waals surface area (Å²) in [5.74, 6) is 1.86. The Morgan fingerprint density at radius 2 is 0.758 bits per heavy atom. The van der Waals surface area contributed by atoms with E-state index < -0.39 is 0 Å². The van der Waals surface area contributed by atoms with Crippen LogP contribution in [0.4, 0.5) is 0 Å². The third-order valence-corrected chi connectivity index (χ3v) is 13.4. The molecule has 0 atom stereocenters. The second-order valence-corrected chi connectivity index (χ2v) is 17.0. The number of rotatable bonds is 5. The van der Waals surface area contributed by atoms with E-state index in [1.54, 1.807) is 0 Å². The van der Waals surface area contributed by atoms with Crippen molar-refractivity contribution in [3.05, 3.63) is 200 Å². The number of fused-ring (bicyclic) bond motifs is 12. The van der Waals surface area contributed by atoms with Crippen molar-refractivity contribution in [2.75, 3.05) is 0 Å². The van der Waals surface area contributed by atoms with Crippen molar-refractivity contribution in [3.63, 3.8) is 0 Å². The van der Waals surface area contributed by atoms with Gasteiger partial charge in [-0.25, -0.2) is 15.0 Å². The van der Waals surface area contributed by atoms with Crippen LogP contribution < -0.4 is 0 Å². The van der Waals surface area contributed by atoms with Crippen molar-refractivity contribution in [2.24, 2.45) is 0 Å². The van der Waals surface area contributed by atoms with Gasteiger partial charge in [-0.15, -0.1) is 11.3 Å². The Labute approximate surface area is 360 Å². The van der Waals surface area contributed by atoms with Gasteiger partial charge in [-0.1, -0.05) is 158 Å². The van der Waals surface area contributed by atoms with E-state index in [0.717, 1.165) is 44.2 Å². The highest BCUT2D eigenvalue weighted by molar-refractivity contribution is 7.26. The molecule has 0 radical (unpaired) electrons. The van der Waals surface area contributed by atoms with Crippen molar-refractivity contribution in [1.82, 2.24) is 15.0 Å². The van der Waals surface area contributed by atoms with Crippen LogP contribution in [0.1, 0.15) is 0 Å². The molecule has 0 amide bonds. The van der Waals surface area contributed by atoms with Crippen LogP contribution in [-0.4, -0.2) is 15.0 Å². The van der Waals surface area contributed by atoms with Crippen LogP contribution in [0.2, 0.25) is 0 Å². The van der Waals surface area contributed by atoms with E-state index in [9.17, 15) is 0 Å². The minimum absolute atomic E-state index is 0.600. The van der Waals surface area contributed by atoms with E-state index in [4.69, 9.17) is 19.4 Å². The zero-order valence-electron chi connectivity index (χ0n) is 33.2. The molecule has 10 aromatic carbocycles. The molecule has 0 unspecified atom stereocenters. The average Bonchev–Trinajstić information content (AvgIpc) is 3.91. The fraction of sp³-hybridized carbons (Fsp3) is 0. The molecular weight excluding hydrogens is 775 g/mol. The Morgan fingerprint density at radius 1 is 0.290 bits per heavy atom. The fourth-order valence-electron chi connectivity index (χ4n) is 9.35. The number of furan rings is 1. The molecule has 0 spiro atoms. The molecule has 13 rings (SSSR count). The van der Waals surface area contributed by atoms with Crippen molar-refractivity contribution in [2.45, 2.75) is 0 Å². The number of aromatic nitrogens is 3. The first kappa shape index (κ1) is 34.8. The first-order valence-corrected chi connectivity index (χ1v) is 21.6. The molecule has 3 aromatic heterocycles. The van der Waals surface area contributed by atoms with Crippen LogP contribution >= 0.6 is 11.3 Å². The van der Waals surface area contributed by atoms with Crippen molar-refractivity contribution in [1.29, 1.82) is 0 Å². The van der Waals surface area contributed by atoms with Gasteiger partial charge in [0.15, 0.2) is 17.5 Å². The monoisotopic (exact) mass is 807 g/mol. The Balaban J connectivity index is 0.889. The average molecular weight is 808 g/mol. The lowest BCUT2D eigenvalue weighted by Crippen LogP contribution is -2.00. The number of hydrogen-bond acceptors (Lipinski definition) is 5. The standard InChI is InChI=1S/C57H33N3OS/c1-3-12-34(13-4-1)55-58-56(35-14-5-2-6-15-35)60-57(59-55)39-25-28-47-46-27-24-38(31-50(46)61-51(47)32-39)40-20-11-21-52-54(40)48-29-23-37(33-53(48)62-52)36-22-26-45-43-18-8-7-16-41(43)42-17-9-10-19-44(42)49(45)30-36/h1-33H. The molecule has 0 bridgehead atoms. The Morgan fingerprint density at radius 3 is 1.39 bits per heavy atom. The van der Waals surface area contributed by atoms with Crippen LogP contribution in [0.25, 0.3) is 131 Å². The van der Waals surface area contributed by atoms with Gasteiger partial charge in [0.25, 0.3) is 0 Å². The summed E-state index contributed by atoms with van der Waals surface area (Å²) in [4.78, 5) is 14.8. The summed E-state index contributed by atoms with van der Waals surface area (Å²) < 4.78 is 9.20. The van der Waals surface area contributed by atoms with E-state index in [-0.39, 0.29) is 0 Å². The zero-order valence-corrected chi connectivity index (χ0v) is 34.0. The van der Waals surface area contributed by atoms with E-state index in [0.29, 0.717) is 17.5 Å². The van der Waals surface area contributed by atoms with Gasteiger partial charge in [-0.2, -0.15) is 0 Å². The summed E-state index contributed by atoms with van der Waals surface area (Å²) in [5, 5.41) is 12.4. The molecule has 0 aliphatic heterocycles. The van der Waals surface area contributed by atoms with Crippen molar-refractivity contribution < 1.29 is 4.42 Å². The van der Waals surface area contributed by atoms with Gasteiger partial charge in [-0.3, -0.25) is 0 Å². The molecule has 5 heteroatoms. The smallest absolute Gasteiger partial charge is 0.164 e. The molecule has 288 valence electrons. The number of hydrogen-bond donors (Lipinski definition) is 0. The highest BCUT2D eigenvalue weighted by Crippen LogP contribution is 2.44. The second kappa shape index (κ2) is 13.8. The third-order valence-electron chi connectivity index (χ3n) is 12.3. The summed E-state index contributed by atoms with van der Waals surface area (Å²) in [5.41, 5.74) is 9.14. The van der Waals surface area contributed by atoms with Gasteiger partial charge in [-0.05, 0) is 97.0 Å². The molecule has 0 fully saturated rings. The van der Waals surface area contributed by atoms with Crippen LogP contribution in [-0.2, 0) is 0 Å². The maximum atomic E-state index is 6.66. The molecule has 0 aliphatic carbocycles. The summed E-state index contributed by atoms with van der Waals surface area (Å²) >= 11 is 1.85. The van der Waals surface area contributed by atoms with Gasteiger partial charge in [0.1, 0.15) is 11.2 Å². The summed E-state index contributed by atoms with van der Waals surface area (Å²) in [6.07, 6.45) is 0. The van der Waals surface area contributed by atoms with E-state index in [1.165, 1.54) is 69.2 Å². The highest BCUT2D eigenvalue weighted by atomic mass is 32.1. The van der Waals surface area contributed by atoms with Crippen LogP contribution in [0.5, 0.6) is 0 Å².